The molecule has 2 aliphatic heterocycles. The summed E-state index contributed by atoms with van der Waals surface area (Å²) in [6.07, 6.45) is 5.95. The smallest absolute Gasteiger partial charge is 0.301 e. The topological polar surface area (TPSA) is 118 Å². The van der Waals surface area contributed by atoms with Crippen molar-refractivity contribution in [2.45, 2.75) is 38.8 Å². The van der Waals surface area contributed by atoms with E-state index in [1.807, 2.05) is 0 Å². The molecular formula is C26H36F2N6O3S. The molecule has 4 atom stereocenters. The fourth-order valence-electron chi connectivity index (χ4n) is 5.62. The van der Waals surface area contributed by atoms with Crippen LogP contribution in [0.15, 0.2) is 35.6 Å². The van der Waals surface area contributed by atoms with E-state index in [0.717, 1.165) is 54.6 Å². The van der Waals surface area contributed by atoms with Gasteiger partial charge in [-0.25, -0.2) is 8.78 Å². The average molecular weight is 551 g/mol. The molecule has 12 heteroatoms. The zero-order valence-corrected chi connectivity index (χ0v) is 22.7. The van der Waals surface area contributed by atoms with Crippen molar-refractivity contribution in [3.05, 3.63) is 52.8 Å². The zero-order valence-electron chi connectivity index (χ0n) is 21.9. The highest BCUT2D eigenvalue weighted by Crippen LogP contribution is 2.41. The van der Waals surface area contributed by atoms with E-state index in [-0.39, 0.29) is 36.4 Å². The van der Waals surface area contributed by atoms with Crippen molar-refractivity contribution in [1.29, 1.82) is 5.41 Å². The first-order valence-corrected chi connectivity index (χ1v) is 14.4. The largest absolute Gasteiger partial charge is 0.379 e. The second-order valence-electron chi connectivity index (χ2n) is 10.1. The van der Waals surface area contributed by atoms with E-state index >= 15 is 4.39 Å². The molecule has 1 fully saturated rings. The van der Waals surface area contributed by atoms with E-state index in [1.165, 1.54) is 19.5 Å². The van der Waals surface area contributed by atoms with Crippen LogP contribution in [0.4, 0.5) is 14.5 Å². The van der Waals surface area contributed by atoms with Crippen molar-refractivity contribution >= 4 is 27.9 Å². The Balaban J connectivity index is 1.65. The third-order valence-electron chi connectivity index (χ3n) is 7.99. The number of hydrogen-bond acceptors (Lipinski definition) is 7. The van der Waals surface area contributed by atoms with E-state index in [0.29, 0.717) is 0 Å². The third-order valence-corrected chi connectivity index (χ3v) is 9.55. The summed E-state index contributed by atoms with van der Waals surface area (Å²) in [5.41, 5.74) is -0.122. The molecule has 3 aliphatic rings. The predicted molar refractivity (Wildman–Crippen MR) is 144 cm³/mol. The van der Waals surface area contributed by atoms with E-state index in [2.05, 4.69) is 33.3 Å². The quantitative estimate of drug-likeness (QED) is 0.225. The second-order valence-corrected chi connectivity index (χ2v) is 11.9. The number of hydrogen-bond donors (Lipinski definition) is 4. The SMILES string of the molecule is CCN(C)S(=O)(=O)Nc1ccc(F)c(C(=O)C2=CNC(C=N)C3=CC[C@H](N4CCNCC4)[C@@H](C)[C@H]3C2)c1F. The number of piperazine rings is 1. The molecule has 0 spiro atoms. The lowest BCUT2D eigenvalue weighted by molar-refractivity contribution is 0.0966. The number of fused-ring (bicyclic) bond motifs is 1. The van der Waals surface area contributed by atoms with Gasteiger partial charge in [0, 0.05) is 63.8 Å². The highest BCUT2D eigenvalue weighted by Gasteiger charge is 2.40. The number of anilines is 1. The Hall–Kier alpha value is -2.67. The van der Waals surface area contributed by atoms with Gasteiger partial charge in [0.1, 0.15) is 5.82 Å². The molecule has 4 rings (SSSR count). The number of carbonyl (C=O) groups is 1. The zero-order chi connectivity index (χ0) is 27.6. The lowest BCUT2D eigenvalue weighted by Crippen LogP contribution is -2.53. The lowest BCUT2D eigenvalue weighted by atomic mass is 9.71. The lowest BCUT2D eigenvalue weighted by Gasteiger charge is -2.44. The standard InChI is InChI=1S/C26H36F2N6O3S/c1-4-33(3)38(36,37)32-21-7-6-20(27)24(25(21)28)26(35)17-13-19-16(2)23(34-11-9-30-10-12-34)8-5-18(19)22(14-29)31-15-17/h5-7,14-16,19,22-23,29-32H,4,8-13H2,1-3H3/t16-,19+,22?,23-/m0/s1. The number of benzene rings is 1. The fraction of sp³-hybridized carbons (Fsp3) is 0.538. The molecule has 1 unspecified atom stereocenters. The van der Waals surface area contributed by atoms with Gasteiger partial charge in [-0.05, 0) is 42.4 Å². The van der Waals surface area contributed by atoms with Gasteiger partial charge in [-0.3, -0.25) is 14.4 Å². The van der Waals surface area contributed by atoms with E-state index in [1.54, 1.807) is 6.92 Å². The van der Waals surface area contributed by atoms with Crippen molar-refractivity contribution in [1.82, 2.24) is 19.8 Å². The van der Waals surface area contributed by atoms with Crippen LogP contribution in [0.3, 0.4) is 0 Å². The van der Waals surface area contributed by atoms with Crippen LogP contribution in [-0.2, 0) is 10.2 Å². The molecule has 0 radical (unpaired) electrons. The predicted octanol–water partition coefficient (Wildman–Crippen LogP) is 2.51. The summed E-state index contributed by atoms with van der Waals surface area (Å²) in [5, 5.41) is 14.4. The molecule has 9 nitrogen and oxygen atoms in total. The van der Waals surface area contributed by atoms with Crippen LogP contribution >= 0.6 is 0 Å². The minimum absolute atomic E-state index is 0.105. The van der Waals surface area contributed by atoms with E-state index in [4.69, 9.17) is 5.41 Å². The Bertz CT molecular complexity index is 1250. The number of Topliss-reactive ketones (excluding diaryl/α,β-unsaturated/α-hetero) is 1. The van der Waals surface area contributed by atoms with Gasteiger partial charge < -0.3 is 16.0 Å². The van der Waals surface area contributed by atoms with Crippen molar-refractivity contribution in [3.8, 4) is 0 Å². The molecular weight excluding hydrogens is 514 g/mol. The van der Waals surface area contributed by atoms with Gasteiger partial charge in [0.05, 0.1) is 17.3 Å². The first-order chi connectivity index (χ1) is 18.1. The molecule has 208 valence electrons. The molecule has 0 aromatic heterocycles. The molecule has 0 bridgehead atoms. The molecule has 0 amide bonds. The maximum absolute atomic E-state index is 15.5. The summed E-state index contributed by atoms with van der Waals surface area (Å²) in [4.78, 5) is 16.0. The van der Waals surface area contributed by atoms with Gasteiger partial charge in [-0.2, -0.15) is 12.7 Å². The van der Waals surface area contributed by atoms with E-state index < -0.39 is 44.9 Å². The molecule has 38 heavy (non-hydrogen) atoms. The van der Waals surface area contributed by atoms with Crippen molar-refractivity contribution in [2.24, 2.45) is 11.8 Å². The number of ketones is 1. The number of halogens is 2. The molecule has 2 heterocycles. The highest BCUT2D eigenvalue weighted by molar-refractivity contribution is 7.90. The van der Waals surface area contributed by atoms with Gasteiger partial charge in [-0.1, -0.05) is 19.9 Å². The average Bonchev–Trinajstić information content (AvgIpc) is 3.10. The summed E-state index contributed by atoms with van der Waals surface area (Å²) < 4.78 is 58.3. The van der Waals surface area contributed by atoms with Gasteiger partial charge in [0.2, 0.25) is 0 Å². The maximum Gasteiger partial charge on any atom is 0.301 e. The Kier molecular flexibility index (Phi) is 8.65. The van der Waals surface area contributed by atoms with Gasteiger partial charge in [0.25, 0.3) is 0 Å². The van der Waals surface area contributed by atoms with Crippen LogP contribution < -0.4 is 15.4 Å². The Labute approximate surface area is 223 Å². The molecule has 1 aromatic rings. The molecule has 0 saturated carbocycles. The maximum atomic E-state index is 15.5. The number of nitrogens with zero attached hydrogens (tertiary/aromatic N) is 2. The normalized spacial score (nSPS) is 26.5. The molecule has 1 saturated heterocycles. The fourth-order valence-corrected chi connectivity index (χ4v) is 6.55. The van der Waals surface area contributed by atoms with Crippen LogP contribution in [0.2, 0.25) is 0 Å². The van der Waals surface area contributed by atoms with E-state index in [9.17, 15) is 17.6 Å². The van der Waals surface area contributed by atoms with Gasteiger partial charge in [-0.15, -0.1) is 0 Å². The number of rotatable bonds is 8. The van der Waals surface area contributed by atoms with Crippen molar-refractivity contribution < 1.29 is 22.0 Å². The summed E-state index contributed by atoms with van der Waals surface area (Å²) in [5.74, 6) is -3.14. The minimum atomic E-state index is -4.08. The summed E-state index contributed by atoms with van der Waals surface area (Å²) in [6, 6.07) is 1.69. The first-order valence-electron chi connectivity index (χ1n) is 13.0. The molecule has 4 N–H and O–H groups in total. The Morgan fingerprint density at radius 3 is 2.66 bits per heavy atom. The van der Waals surface area contributed by atoms with Gasteiger partial charge in [0.15, 0.2) is 11.6 Å². The number of nitrogens with one attached hydrogen (secondary N) is 4. The van der Waals surface area contributed by atoms with Crippen LogP contribution in [-0.4, -0.2) is 81.5 Å². The summed E-state index contributed by atoms with van der Waals surface area (Å²) in [7, 11) is -2.76. The summed E-state index contributed by atoms with van der Waals surface area (Å²) >= 11 is 0. The molecule has 1 aliphatic carbocycles. The van der Waals surface area contributed by atoms with Crippen LogP contribution in [0.1, 0.15) is 37.0 Å². The van der Waals surface area contributed by atoms with Gasteiger partial charge >= 0.3 is 10.2 Å². The first kappa shape index (κ1) is 28.3. The third kappa shape index (κ3) is 5.54. The van der Waals surface area contributed by atoms with Crippen molar-refractivity contribution in [3.63, 3.8) is 0 Å². The Morgan fingerprint density at radius 1 is 1.29 bits per heavy atom. The summed E-state index contributed by atoms with van der Waals surface area (Å²) in [6.45, 7) is 7.55. The number of allylic oxidation sites excluding steroid dienone is 1. The highest BCUT2D eigenvalue weighted by atomic mass is 32.2. The van der Waals surface area contributed by atoms with Crippen LogP contribution in [0.25, 0.3) is 0 Å². The Morgan fingerprint density at radius 2 is 2.00 bits per heavy atom. The minimum Gasteiger partial charge on any atom is -0.379 e. The van der Waals surface area contributed by atoms with Crippen LogP contribution in [0, 0.1) is 28.9 Å². The van der Waals surface area contributed by atoms with Crippen LogP contribution in [0.5, 0.6) is 0 Å². The second kappa shape index (κ2) is 11.6. The monoisotopic (exact) mass is 550 g/mol. The molecule has 1 aromatic carbocycles. The number of carbonyl (C=O) groups excluding carboxylic acids is 1. The van der Waals surface area contributed by atoms with Crippen molar-refractivity contribution in [2.75, 3.05) is 44.5 Å².